The fraction of sp³-hybridized carbons (Fsp3) is 0.300. The minimum absolute atomic E-state index is 0.108. The van der Waals surface area contributed by atoms with Crippen LogP contribution >= 0.6 is 0 Å². The Hall–Kier alpha value is -1.92. The van der Waals surface area contributed by atoms with Crippen molar-refractivity contribution >= 4 is 5.97 Å². The van der Waals surface area contributed by atoms with Crippen molar-refractivity contribution in [1.29, 1.82) is 0 Å². The van der Waals surface area contributed by atoms with Crippen molar-refractivity contribution < 1.29 is 32.5 Å². The number of hydrogen-bond donors (Lipinski definition) is 0. The van der Waals surface area contributed by atoms with E-state index >= 15 is 0 Å². The predicted octanol–water partition coefficient (Wildman–Crippen LogP) is 1.10. The number of aliphatic carboxylic acids is 1. The van der Waals surface area contributed by atoms with Crippen LogP contribution in [0.5, 0.6) is 11.5 Å². The van der Waals surface area contributed by atoms with Crippen molar-refractivity contribution in [2.45, 2.75) is 19.4 Å². The van der Waals surface area contributed by atoms with Gasteiger partial charge in [0, 0.05) is 0 Å². The number of carbonyl (C=O) groups excluding carboxylic acids is 1. The molecule has 4 nitrogen and oxygen atoms in total. The summed E-state index contributed by atoms with van der Waals surface area (Å²) in [6, 6.07) is 4.37. The molecule has 0 aromatic heterocycles. The summed E-state index contributed by atoms with van der Waals surface area (Å²) in [4.78, 5) is 10.3. The molecule has 0 bridgehead atoms. The first-order chi connectivity index (χ1) is 7.78. The molecule has 0 aliphatic carbocycles. The van der Waals surface area contributed by atoms with Crippen molar-refractivity contribution in [2.75, 3.05) is 0 Å². The maximum absolute atomic E-state index is 11.8. The lowest BCUT2D eigenvalue weighted by atomic mass is 10.3. The Labute approximate surface area is 94.6 Å². The zero-order valence-electron chi connectivity index (χ0n) is 8.65. The summed E-state index contributed by atoms with van der Waals surface area (Å²) in [5.74, 6) is -1.72. The molecule has 1 aromatic rings. The topological polar surface area (TPSA) is 58.6 Å². The van der Waals surface area contributed by atoms with Gasteiger partial charge < -0.3 is 19.4 Å². The van der Waals surface area contributed by atoms with Gasteiger partial charge in [-0.1, -0.05) is 0 Å². The van der Waals surface area contributed by atoms with Crippen LogP contribution in [0, 0.1) is 0 Å². The highest BCUT2D eigenvalue weighted by atomic mass is 19.4. The monoisotopic (exact) mass is 249 g/mol. The van der Waals surface area contributed by atoms with Crippen molar-refractivity contribution in [1.82, 2.24) is 0 Å². The van der Waals surface area contributed by atoms with E-state index in [-0.39, 0.29) is 5.75 Å². The number of ether oxygens (including phenoxy) is 2. The molecule has 0 unspecified atom stereocenters. The molecule has 0 aliphatic heterocycles. The highest BCUT2D eigenvalue weighted by Crippen LogP contribution is 2.24. The molecule has 0 fully saturated rings. The van der Waals surface area contributed by atoms with Crippen LogP contribution in [-0.2, 0) is 4.79 Å². The van der Waals surface area contributed by atoms with Crippen LogP contribution in [0.15, 0.2) is 24.3 Å². The largest absolute Gasteiger partial charge is 0.573 e. The lowest BCUT2D eigenvalue weighted by Gasteiger charge is -2.15. The summed E-state index contributed by atoms with van der Waals surface area (Å²) in [6.07, 6.45) is -5.95. The number of benzene rings is 1. The second-order valence-corrected chi connectivity index (χ2v) is 3.10. The van der Waals surface area contributed by atoms with Crippen LogP contribution in [0.4, 0.5) is 13.2 Å². The fourth-order valence-corrected chi connectivity index (χ4v) is 0.972. The zero-order valence-corrected chi connectivity index (χ0v) is 8.65. The van der Waals surface area contributed by atoms with Crippen molar-refractivity contribution in [3.05, 3.63) is 24.3 Å². The minimum atomic E-state index is -4.76. The maximum Gasteiger partial charge on any atom is 0.573 e. The van der Waals surface area contributed by atoms with Gasteiger partial charge in [-0.15, -0.1) is 13.2 Å². The number of hydrogen-bond acceptors (Lipinski definition) is 4. The van der Waals surface area contributed by atoms with Crippen LogP contribution in [0.3, 0.4) is 0 Å². The number of carbonyl (C=O) groups is 1. The maximum atomic E-state index is 11.8. The number of rotatable bonds is 4. The Morgan fingerprint density at radius 3 is 2.12 bits per heavy atom. The molecular formula is C10H8F3O4-. The van der Waals surface area contributed by atoms with Gasteiger partial charge in [0.05, 0.1) is 5.97 Å². The van der Waals surface area contributed by atoms with Gasteiger partial charge in [-0.25, -0.2) is 0 Å². The normalized spacial score (nSPS) is 12.9. The van der Waals surface area contributed by atoms with Crippen molar-refractivity contribution in [3.8, 4) is 11.5 Å². The Morgan fingerprint density at radius 1 is 1.24 bits per heavy atom. The third-order valence-electron chi connectivity index (χ3n) is 1.70. The second kappa shape index (κ2) is 4.94. The third kappa shape index (κ3) is 4.62. The molecule has 0 amide bonds. The molecule has 0 aliphatic rings. The van der Waals surface area contributed by atoms with Crippen LogP contribution < -0.4 is 14.6 Å². The molecule has 0 saturated heterocycles. The first kappa shape index (κ1) is 13.1. The predicted molar refractivity (Wildman–Crippen MR) is 48.2 cm³/mol. The summed E-state index contributed by atoms with van der Waals surface area (Å²) < 4.78 is 43.9. The van der Waals surface area contributed by atoms with Crippen LogP contribution in [0.25, 0.3) is 0 Å². The minimum Gasteiger partial charge on any atom is -0.546 e. The Kier molecular flexibility index (Phi) is 3.82. The molecule has 1 aromatic carbocycles. The summed E-state index contributed by atoms with van der Waals surface area (Å²) in [7, 11) is 0. The molecule has 7 heteroatoms. The number of carboxylic acid groups (broad SMARTS) is 1. The van der Waals surface area contributed by atoms with Gasteiger partial charge in [-0.2, -0.15) is 0 Å². The SMILES string of the molecule is C[C@H](Oc1ccc(OC(F)(F)F)cc1)C(=O)[O-]. The van der Waals surface area contributed by atoms with Crippen LogP contribution in [0.1, 0.15) is 6.92 Å². The van der Waals surface area contributed by atoms with E-state index in [0.29, 0.717) is 0 Å². The second-order valence-electron chi connectivity index (χ2n) is 3.10. The van der Waals surface area contributed by atoms with Gasteiger partial charge in [0.15, 0.2) is 0 Å². The van der Waals surface area contributed by atoms with Crippen molar-refractivity contribution in [3.63, 3.8) is 0 Å². The summed E-state index contributed by atoms with van der Waals surface area (Å²) in [6.45, 7) is 1.25. The van der Waals surface area contributed by atoms with Gasteiger partial charge in [0.25, 0.3) is 0 Å². The number of alkyl halides is 3. The molecule has 0 heterocycles. The molecule has 1 rings (SSSR count). The lowest BCUT2D eigenvalue weighted by Crippen LogP contribution is -2.37. The fourth-order valence-electron chi connectivity index (χ4n) is 0.972. The first-order valence-corrected chi connectivity index (χ1v) is 4.51. The number of halogens is 3. The van der Waals surface area contributed by atoms with Gasteiger partial charge in [-0.3, -0.25) is 0 Å². The van der Waals surface area contributed by atoms with E-state index in [1.54, 1.807) is 0 Å². The average Bonchev–Trinajstić information content (AvgIpc) is 2.18. The highest BCUT2D eigenvalue weighted by molar-refractivity contribution is 5.69. The van der Waals surface area contributed by atoms with Crippen molar-refractivity contribution in [2.24, 2.45) is 0 Å². The third-order valence-corrected chi connectivity index (χ3v) is 1.70. The molecular weight excluding hydrogens is 241 g/mol. The molecule has 0 radical (unpaired) electrons. The van der Waals surface area contributed by atoms with E-state index in [1.807, 2.05) is 0 Å². The average molecular weight is 249 g/mol. The molecule has 94 valence electrons. The van der Waals surface area contributed by atoms with E-state index in [9.17, 15) is 23.1 Å². The van der Waals surface area contributed by atoms with E-state index in [1.165, 1.54) is 19.1 Å². The van der Waals surface area contributed by atoms with Gasteiger partial charge in [-0.05, 0) is 31.2 Å². The van der Waals surface area contributed by atoms with Crippen LogP contribution in [0.2, 0.25) is 0 Å². The smallest absolute Gasteiger partial charge is 0.546 e. The summed E-state index contributed by atoms with van der Waals surface area (Å²) >= 11 is 0. The Balaban J connectivity index is 2.65. The Morgan fingerprint density at radius 2 is 1.71 bits per heavy atom. The van der Waals surface area contributed by atoms with E-state index in [0.717, 1.165) is 12.1 Å². The van der Waals surface area contributed by atoms with Gasteiger partial charge in [0.2, 0.25) is 0 Å². The van der Waals surface area contributed by atoms with E-state index in [2.05, 4.69) is 4.74 Å². The highest BCUT2D eigenvalue weighted by Gasteiger charge is 2.30. The van der Waals surface area contributed by atoms with E-state index < -0.39 is 24.2 Å². The summed E-state index contributed by atoms with van der Waals surface area (Å²) in [5.41, 5.74) is 0. The Bertz CT molecular complexity index is 386. The van der Waals surface area contributed by atoms with Crippen LogP contribution in [-0.4, -0.2) is 18.4 Å². The molecule has 0 N–H and O–H groups in total. The summed E-state index contributed by atoms with van der Waals surface area (Å²) in [5, 5.41) is 10.3. The molecule has 17 heavy (non-hydrogen) atoms. The van der Waals surface area contributed by atoms with E-state index in [4.69, 9.17) is 4.74 Å². The molecule has 0 saturated carbocycles. The molecule has 1 atom stereocenters. The lowest BCUT2D eigenvalue weighted by molar-refractivity contribution is -0.312. The molecule has 0 spiro atoms. The van der Waals surface area contributed by atoms with Gasteiger partial charge >= 0.3 is 6.36 Å². The first-order valence-electron chi connectivity index (χ1n) is 4.51. The number of carboxylic acids is 1. The standard InChI is InChI=1S/C10H9F3O4/c1-6(9(14)15)16-7-2-4-8(5-3-7)17-10(11,12)13/h2-6H,1H3,(H,14,15)/p-1/t6-/m0/s1. The quantitative estimate of drug-likeness (QED) is 0.801. The zero-order chi connectivity index (χ0) is 13.1. The van der Waals surface area contributed by atoms with Gasteiger partial charge in [0.1, 0.15) is 17.6 Å².